The van der Waals surface area contributed by atoms with Gasteiger partial charge in [0.25, 0.3) is 0 Å². The third-order valence-electron chi connectivity index (χ3n) is 3.37. The maximum atomic E-state index is 9.45. The number of nitrogens with one attached hydrogen (secondary N) is 1. The lowest BCUT2D eigenvalue weighted by Crippen LogP contribution is -2.06. The van der Waals surface area contributed by atoms with Crippen LogP contribution in [0.5, 0.6) is 5.75 Å². The van der Waals surface area contributed by atoms with Gasteiger partial charge in [-0.15, -0.1) is 11.3 Å². The lowest BCUT2D eigenvalue weighted by Gasteiger charge is -2.16. The number of aryl methyl sites for hydroxylation is 1. The van der Waals surface area contributed by atoms with E-state index in [0.717, 1.165) is 23.4 Å². The molecule has 0 aliphatic carbocycles. The van der Waals surface area contributed by atoms with E-state index in [-0.39, 0.29) is 12.6 Å². The van der Waals surface area contributed by atoms with Crippen molar-refractivity contribution >= 4 is 17.0 Å². The zero-order valence-corrected chi connectivity index (χ0v) is 13.7. The lowest BCUT2D eigenvalue weighted by molar-refractivity contribution is 0.267. The molecule has 0 radical (unpaired) electrons. The highest BCUT2D eigenvalue weighted by Crippen LogP contribution is 2.29. The molecule has 2 N–H and O–H groups in total. The molecule has 4 heteroatoms. The zero-order valence-electron chi connectivity index (χ0n) is 12.8. The SMILES string of the molecule is CCOc1ccc(NC(C)c2ccc(CC)s2)cc1CO. The summed E-state index contributed by atoms with van der Waals surface area (Å²) >= 11 is 1.84. The maximum absolute atomic E-state index is 9.45. The second-order valence-corrected chi connectivity index (χ2v) is 6.14. The van der Waals surface area contributed by atoms with Gasteiger partial charge in [0.05, 0.1) is 19.3 Å². The van der Waals surface area contributed by atoms with E-state index in [1.165, 1.54) is 9.75 Å². The molecular formula is C17H23NO2S. The Morgan fingerprint density at radius 2 is 2.05 bits per heavy atom. The minimum absolute atomic E-state index is 0.0157. The summed E-state index contributed by atoms with van der Waals surface area (Å²) in [6.07, 6.45) is 1.08. The number of rotatable bonds is 7. The Morgan fingerprint density at radius 1 is 1.24 bits per heavy atom. The molecule has 3 nitrogen and oxygen atoms in total. The Hall–Kier alpha value is -1.52. The molecule has 0 aliphatic rings. The summed E-state index contributed by atoms with van der Waals surface area (Å²) in [5, 5.41) is 12.9. The molecule has 1 atom stereocenters. The number of ether oxygens (including phenoxy) is 1. The number of hydrogen-bond donors (Lipinski definition) is 2. The minimum Gasteiger partial charge on any atom is -0.494 e. The Bertz CT molecular complexity index is 580. The van der Waals surface area contributed by atoms with Gasteiger partial charge >= 0.3 is 0 Å². The van der Waals surface area contributed by atoms with Crippen LogP contribution in [-0.4, -0.2) is 11.7 Å². The number of aliphatic hydroxyl groups is 1. The van der Waals surface area contributed by atoms with E-state index in [1.807, 2.05) is 36.5 Å². The van der Waals surface area contributed by atoms with Gasteiger partial charge < -0.3 is 15.2 Å². The number of benzene rings is 1. The zero-order chi connectivity index (χ0) is 15.2. The summed E-state index contributed by atoms with van der Waals surface area (Å²) in [4.78, 5) is 2.73. The van der Waals surface area contributed by atoms with Crippen LogP contribution >= 0.6 is 11.3 Å². The molecule has 1 aromatic carbocycles. The highest BCUT2D eigenvalue weighted by Gasteiger charge is 2.10. The molecule has 1 unspecified atom stereocenters. The average molecular weight is 305 g/mol. The van der Waals surface area contributed by atoms with E-state index in [0.29, 0.717) is 6.61 Å². The normalized spacial score (nSPS) is 12.2. The number of thiophene rings is 1. The van der Waals surface area contributed by atoms with Crippen LogP contribution in [0.15, 0.2) is 30.3 Å². The molecule has 0 amide bonds. The Balaban J connectivity index is 2.11. The van der Waals surface area contributed by atoms with E-state index >= 15 is 0 Å². The summed E-state index contributed by atoms with van der Waals surface area (Å²) in [6.45, 7) is 6.86. The fourth-order valence-electron chi connectivity index (χ4n) is 2.23. The van der Waals surface area contributed by atoms with Crippen molar-refractivity contribution in [2.24, 2.45) is 0 Å². The van der Waals surface area contributed by atoms with Crippen molar-refractivity contribution in [1.82, 2.24) is 0 Å². The fourth-order valence-corrected chi connectivity index (χ4v) is 3.18. The van der Waals surface area contributed by atoms with Gasteiger partial charge in [-0.05, 0) is 50.6 Å². The van der Waals surface area contributed by atoms with Gasteiger partial charge in [0.2, 0.25) is 0 Å². The molecule has 1 aromatic heterocycles. The Morgan fingerprint density at radius 3 is 2.67 bits per heavy atom. The largest absolute Gasteiger partial charge is 0.494 e. The van der Waals surface area contributed by atoms with Crippen LogP contribution in [0.2, 0.25) is 0 Å². The van der Waals surface area contributed by atoms with E-state index < -0.39 is 0 Å². The first-order valence-electron chi connectivity index (χ1n) is 7.39. The predicted molar refractivity (Wildman–Crippen MR) is 89.3 cm³/mol. The number of aliphatic hydroxyl groups excluding tert-OH is 1. The third-order valence-corrected chi connectivity index (χ3v) is 4.78. The van der Waals surface area contributed by atoms with E-state index in [1.54, 1.807) is 0 Å². The van der Waals surface area contributed by atoms with Crippen LogP contribution < -0.4 is 10.1 Å². The minimum atomic E-state index is -0.0157. The highest BCUT2D eigenvalue weighted by molar-refractivity contribution is 7.12. The van der Waals surface area contributed by atoms with Crippen LogP contribution in [-0.2, 0) is 13.0 Å². The van der Waals surface area contributed by atoms with Crippen molar-refractivity contribution < 1.29 is 9.84 Å². The van der Waals surface area contributed by atoms with E-state index in [4.69, 9.17) is 4.74 Å². The molecule has 0 aliphatic heterocycles. The summed E-state index contributed by atoms with van der Waals surface area (Å²) in [5.74, 6) is 0.752. The topological polar surface area (TPSA) is 41.5 Å². The van der Waals surface area contributed by atoms with Crippen LogP contribution in [0.3, 0.4) is 0 Å². The molecule has 0 saturated heterocycles. The molecule has 2 rings (SSSR count). The predicted octanol–water partition coefficient (Wildman–Crippen LogP) is 4.37. The van der Waals surface area contributed by atoms with Gasteiger partial charge in [0.15, 0.2) is 0 Å². The first-order valence-corrected chi connectivity index (χ1v) is 8.21. The fraction of sp³-hybridized carbons (Fsp3) is 0.412. The molecular weight excluding hydrogens is 282 g/mol. The molecule has 2 aromatic rings. The second-order valence-electron chi connectivity index (χ2n) is 4.94. The van der Waals surface area contributed by atoms with Gasteiger partial charge in [-0.1, -0.05) is 6.92 Å². The molecule has 0 bridgehead atoms. The van der Waals surface area contributed by atoms with Gasteiger partial charge in [0, 0.05) is 21.0 Å². The lowest BCUT2D eigenvalue weighted by atomic mass is 10.1. The Kier molecular flexibility index (Phi) is 5.65. The van der Waals surface area contributed by atoms with Crippen molar-refractivity contribution in [3.8, 4) is 5.75 Å². The van der Waals surface area contributed by atoms with Crippen molar-refractivity contribution in [3.05, 3.63) is 45.6 Å². The molecule has 0 saturated carbocycles. The summed E-state index contributed by atoms with van der Waals surface area (Å²) in [7, 11) is 0. The monoisotopic (exact) mass is 305 g/mol. The smallest absolute Gasteiger partial charge is 0.124 e. The number of hydrogen-bond acceptors (Lipinski definition) is 4. The van der Waals surface area contributed by atoms with Gasteiger partial charge in [0.1, 0.15) is 5.75 Å². The molecule has 114 valence electrons. The number of anilines is 1. The summed E-state index contributed by atoms with van der Waals surface area (Å²) in [6, 6.07) is 10.5. The Labute approximate surface area is 130 Å². The third kappa shape index (κ3) is 3.99. The highest BCUT2D eigenvalue weighted by atomic mass is 32.1. The van der Waals surface area contributed by atoms with Crippen LogP contribution in [0.25, 0.3) is 0 Å². The maximum Gasteiger partial charge on any atom is 0.124 e. The second kappa shape index (κ2) is 7.48. The standard InChI is InChI=1S/C17H23NO2S/c1-4-15-7-9-17(21-15)12(3)18-14-6-8-16(20-5-2)13(10-14)11-19/h6-10,12,18-19H,4-5,11H2,1-3H3. The van der Waals surface area contributed by atoms with Crippen LogP contribution in [0.1, 0.15) is 42.1 Å². The van der Waals surface area contributed by atoms with Crippen LogP contribution in [0, 0.1) is 0 Å². The quantitative estimate of drug-likeness (QED) is 0.798. The average Bonchev–Trinajstić information content (AvgIpc) is 2.98. The van der Waals surface area contributed by atoms with E-state index in [9.17, 15) is 5.11 Å². The first-order chi connectivity index (χ1) is 10.2. The van der Waals surface area contributed by atoms with Crippen molar-refractivity contribution in [3.63, 3.8) is 0 Å². The van der Waals surface area contributed by atoms with Gasteiger partial charge in [-0.2, -0.15) is 0 Å². The van der Waals surface area contributed by atoms with E-state index in [2.05, 4.69) is 31.3 Å². The molecule has 21 heavy (non-hydrogen) atoms. The summed E-state index contributed by atoms with van der Waals surface area (Å²) < 4.78 is 5.50. The molecule has 0 spiro atoms. The first kappa shape index (κ1) is 15.9. The van der Waals surface area contributed by atoms with Crippen molar-refractivity contribution in [2.75, 3.05) is 11.9 Å². The molecule has 0 fully saturated rings. The van der Waals surface area contributed by atoms with Crippen molar-refractivity contribution in [2.45, 2.75) is 39.8 Å². The van der Waals surface area contributed by atoms with Gasteiger partial charge in [-0.25, -0.2) is 0 Å². The summed E-state index contributed by atoms with van der Waals surface area (Å²) in [5.41, 5.74) is 1.82. The van der Waals surface area contributed by atoms with Crippen LogP contribution in [0.4, 0.5) is 5.69 Å². The van der Waals surface area contributed by atoms with Crippen molar-refractivity contribution in [1.29, 1.82) is 0 Å². The van der Waals surface area contributed by atoms with Gasteiger partial charge in [-0.3, -0.25) is 0 Å². The molecule has 1 heterocycles.